The van der Waals surface area contributed by atoms with Crippen LogP contribution in [0.1, 0.15) is 18.4 Å². The van der Waals surface area contributed by atoms with Gasteiger partial charge in [0.25, 0.3) is 5.56 Å². The normalized spacial score (nSPS) is 18.6. The maximum absolute atomic E-state index is 12.2. The fraction of sp³-hybridized carbons (Fsp3) is 0.500. The fourth-order valence-electron chi connectivity index (χ4n) is 2.97. The number of piperidine rings is 1. The van der Waals surface area contributed by atoms with Crippen molar-refractivity contribution in [2.45, 2.75) is 25.4 Å². The summed E-state index contributed by atoms with van der Waals surface area (Å²) in [5, 5.41) is 3.59. The minimum absolute atomic E-state index is 0.0220. The van der Waals surface area contributed by atoms with E-state index in [1.54, 1.807) is 24.0 Å². The first-order valence-electron chi connectivity index (χ1n) is 7.74. The number of anilines is 1. The molecule has 22 heavy (non-hydrogen) atoms. The van der Waals surface area contributed by atoms with E-state index in [1.807, 2.05) is 7.05 Å². The van der Waals surface area contributed by atoms with Crippen LogP contribution in [0.2, 0.25) is 0 Å². The second-order valence-corrected chi connectivity index (χ2v) is 6.02. The van der Waals surface area contributed by atoms with Crippen molar-refractivity contribution in [3.05, 3.63) is 46.8 Å². The molecule has 1 saturated heterocycles. The molecular formula is C16H23N5O. The van der Waals surface area contributed by atoms with Crippen LogP contribution < -0.4 is 15.8 Å². The average molecular weight is 301 g/mol. The molecule has 6 heteroatoms. The molecule has 1 N–H and O–H groups in total. The van der Waals surface area contributed by atoms with Gasteiger partial charge in [0.1, 0.15) is 0 Å². The molecule has 0 unspecified atom stereocenters. The zero-order valence-corrected chi connectivity index (χ0v) is 13.2. The zero-order valence-electron chi connectivity index (χ0n) is 13.2. The van der Waals surface area contributed by atoms with Crippen LogP contribution in [0.3, 0.4) is 0 Å². The molecule has 0 bridgehead atoms. The van der Waals surface area contributed by atoms with E-state index in [1.165, 1.54) is 5.56 Å². The highest BCUT2D eigenvalue weighted by Gasteiger charge is 2.22. The maximum Gasteiger partial charge on any atom is 0.293 e. The van der Waals surface area contributed by atoms with Gasteiger partial charge in [-0.1, -0.05) is 0 Å². The third-order valence-corrected chi connectivity index (χ3v) is 4.21. The van der Waals surface area contributed by atoms with E-state index in [9.17, 15) is 4.79 Å². The third kappa shape index (κ3) is 3.22. The minimum Gasteiger partial charge on any atom is -0.357 e. The van der Waals surface area contributed by atoms with Crippen LogP contribution in [0.15, 0.2) is 35.6 Å². The molecule has 118 valence electrons. The highest BCUT2D eigenvalue weighted by atomic mass is 16.1. The van der Waals surface area contributed by atoms with Crippen molar-refractivity contribution in [3.63, 3.8) is 0 Å². The molecule has 0 amide bonds. The lowest BCUT2D eigenvalue weighted by atomic mass is 10.1. The number of hydrogen-bond acceptors (Lipinski definition) is 4. The average Bonchev–Trinajstić information content (AvgIpc) is 2.94. The van der Waals surface area contributed by atoms with Crippen molar-refractivity contribution in [1.82, 2.24) is 19.4 Å². The Morgan fingerprint density at radius 3 is 3.00 bits per heavy atom. The Labute approximate surface area is 130 Å². The van der Waals surface area contributed by atoms with Crippen LogP contribution in [0.5, 0.6) is 0 Å². The van der Waals surface area contributed by atoms with Crippen molar-refractivity contribution >= 4 is 5.82 Å². The largest absolute Gasteiger partial charge is 0.357 e. The van der Waals surface area contributed by atoms with Gasteiger partial charge in [-0.15, -0.1) is 0 Å². The van der Waals surface area contributed by atoms with Crippen LogP contribution in [-0.2, 0) is 20.6 Å². The predicted molar refractivity (Wildman–Crippen MR) is 87.0 cm³/mol. The summed E-state index contributed by atoms with van der Waals surface area (Å²) in [6, 6.07) is 2.52. The van der Waals surface area contributed by atoms with Crippen molar-refractivity contribution in [2.75, 3.05) is 18.0 Å². The molecule has 0 spiro atoms. The lowest BCUT2D eigenvalue weighted by molar-refractivity contribution is 0.419. The summed E-state index contributed by atoms with van der Waals surface area (Å²) in [5.41, 5.74) is 1.26. The van der Waals surface area contributed by atoms with Gasteiger partial charge in [-0.05, 0) is 24.5 Å². The summed E-state index contributed by atoms with van der Waals surface area (Å²) in [7, 11) is 3.80. The number of hydrogen-bond donors (Lipinski definition) is 1. The Balaban J connectivity index is 1.64. The van der Waals surface area contributed by atoms with E-state index >= 15 is 0 Å². The summed E-state index contributed by atoms with van der Waals surface area (Å²) in [5.74, 6) is 0.566. The summed E-state index contributed by atoms with van der Waals surface area (Å²) >= 11 is 0. The van der Waals surface area contributed by atoms with E-state index in [-0.39, 0.29) is 5.56 Å². The van der Waals surface area contributed by atoms with Gasteiger partial charge in [-0.2, -0.15) is 0 Å². The van der Waals surface area contributed by atoms with Gasteiger partial charge in [0.05, 0.1) is 0 Å². The Morgan fingerprint density at radius 1 is 1.36 bits per heavy atom. The van der Waals surface area contributed by atoms with Gasteiger partial charge < -0.3 is 19.4 Å². The minimum atomic E-state index is -0.0220. The number of aromatic nitrogens is 3. The van der Waals surface area contributed by atoms with E-state index in [0.29, 0.717) is 11.9 Å². The maximum atomic E-state index is 12.2. The van der Waals surface area contributed by atoms with Crippen molar-refractivity contribution in [1.29, 1.82) is 0 Å². The lowest BCUT2D eigenvalue weighted by Crippen LogP contribution is -2.47. The molecule has 2 aromatic rings. The number of nitrogens with zero attached hydrogens (tertiary/aromatic N) is 4. The van der Waals surface area contributed by atoms with Crippen LogP contribution in [0, 0.1) is 0 Å². The molecule has 6 nitrogen and oxygen atoms in total. The van der Waals surface area contributed by atoms with Crippen LogP contribution in [0.25, 0.3) is 0 Å². The quantitative estimate of drug-likeness (QED) is 0.911. The van der Waals surface area contributed by atoms with Crippen molar-refractivity contribution < 1.29 is 0 Å². The molecule has 0 saturated carbocycles. The first-order valence-corrected chi connectivity index (χ1v) is 7.74. The summed E-state index contributed by atoms with van der Waals surface area (Å²) < 4.78 is 3.64. The van der Waals surface area contributed by atoms with Crippen LogP contribution in [0.4, 0.5) is 5.82 Å². The van der Waals surface area contributed by atoms with Crippen molar-refractivity contribution in [2.24, 2.45) is 14.1 Å². The first kappa shape index (κ1) is 14.8. The van der Waals surface area contributed by atoms with E-state index < -0.39 is 0 Å². The Bertz CT molecular complexity index is 690. The molecule has 1 aliphatic heterocycles. The van der Waals surface area contributed by atoms with Crippen LogP contribution >= 0.6 is 0 Å². The van der Waals surface area contributed by atoms with Gasteiger partial charge in [0, 0.05) is 64.6 Å². The lowest BCUT2D eigenvalue weighted by Gasteiger charge is -2.33. The van der Waals surface area contributed by atoms with Crippen LogP contribution in [-0.4, -0.2) is 33.2 Å². The number of nitrogens with one attached hydrogen (secondary N) is 1. The van der Waals surface area contributed by atoms with E-state index in [2.05, 4.69) is 38.2 Å². The van der Waals surface area contributed by atoms with Gasteiger partial charge in [0.15, 0.2) is 5.82 Å². The Hall–Kier alpha value is -2.08. The monoisotopic (exact) mass is 301 g/mol. The number of rotatable bonds is 4. The van der Waals surface area contributed by atoms with E-state index in [0.717, 1.165) is 32.5 Å². The summed E-state index contributed by atoms with van der Waals surface area (Å²) in [6.07, 6.45) is 9.78. The topological polar surface area (TPSA) is 55.1 Å². The smallest absolute Gasteiger partial charge is 0.293 e. The molecular weight excluding hydrogens is 278 g/mol. The fourth-order valence-corrected chi connectivity index (χ4v) is 2.97. The highest BCUT2D eigenvalue weighted by molar-refractivity contribution is 5.36. The van der Waals surface area contributed by atoms with Gasteiger partial charge in [-0.3, -0.25) is 4.79 Å². The Kier molecular flexibility index (Phi) is 4.29. The number of aryl methyl sites for hydroxylation is 2. The zero-order chi connectivity index (χ0) is 15.5. The van der Waals surface area contributed by atoms with E-state index in [4.69, 9.17) is 0 Å². The molecule has 0 aliphatic carbocycles. The Morgan fingerprint density at radius 2 is 2.23 bits per heavy atom. The molecule has 1 atom stereocenters. The van der Waals surface area contributed by atoms with Gasteiger partial charge >= 0.3 is 0 Å². The first-order chi connectivity index (χ1) is 10.6. The van der Waals surface area contributed by atoms with Crippen molar-refractivity contribution in [3.8, 4) is 0 Å². The van der Waals surface area contributed by atoms with Gasteiger partial charge in [-0.25, -0.2) is 4.98 Å². The standard InChI is InChI=1S/C16H23N5O/c1-19-8-5-13(11-19)10-18-14-4-3-7-21(12-14)15-16(22)20(2)9-6-17-15/h5-6,8-9,11,14,18H,3-4,7,10,12H2,1-2H3/t14-/m0/s1. The highest BCUT2D eigenvalue weighted by Crippen LogP contribution is 2.15. The summed E-state index contributed by atoms with van der Waals surface area (Å²) in [4.78, 5) is 18.6. The second-order valence-electron chi connectivity index (χ2n) is 6.02. The predicted octanol–water partition coefficient (Wildman–Crippen LogP) is 0.877. The SMILES string of the molecule is Cn1ccc(CN[C@H]2CCCN(c3nccn(C)c3=O)C2)c1. The molecule has 0 aromatic carbocycles. The molecule has 0 radical (unpaired) electrons. The van der Waals surface area contributed by atoms with Gasteiger partial charge in [0.2, 0.25) is 0 Å². The third-order valence-electron chi connectivity index (χ3n) is 4.21. The molecule has 3 rings (SSSR count). The molecule has 1 fully saturated rings. The summed E-state index contributed by atoms with van der Waals surface area (Å²) in [6.45, 7) is 2.59. The molecule has 2 aromatic heterocycles. The molecule has 3 heterocycles. The molecule has 1 aliphatic rings. The second kappa shape index (κ2) is 6.36.